The third-order valence-corrected chi connectivity index (χ3v) is 4.58. The van der Waals surface area contributed by atoms with Crippen molar-refractivity contribution < 1.29 is 0 Å². The molecule has 0 spiro atoms. The van der Waals surface area contributed by atoms with Crippen LogP contribution in [0.4, 0.5) is 0 Å². The van der Waals surface area contributed by atoms with Gasteiger partial charge in [0.1, 0.15) is 0 Å². The molecular formula is C17H39N3. The topological polar surface area (TPSA) is 9.72 Å². The number of likely N-dealkylation sites (tertiary alicyclic amines) is 1. The Labute approximate surface area is 128 Å². The van der Waals surface area contributed by atoms with Gasteiger partial charge in [-0.3, -0.25) is 0 Å². The zero-order valence-corrected chi connectivity index (χ0v) is 13.7. The standard InChI is InChI=1S/C14H29N3.C2H6.CH4/c1-3-15-7-5-14(6-8-15)13-17-11-9-16(4-2)10-12-17;1-2;/h14H,3-13H2,1-2H3;1-2H3;1H4. The van der Waals surface area contributed by atoms with Gasteiger partial charge in [-0.25, -0.2) is 0 Å². The second-order valence-corrected chi connectivity index (χ2v) is 5.61. The van der Waals surface area contributed by atoms with Crippen LogP contribution in [0, 0.1) is 5.92 Å². The molecular weight excluding hydrogens is 246 g/mol. The highest BCUT2D eigenvalue weighted by Gasteiger charge is 2.22. The van der Waals surface area contributed by atoms with Crippen LogP contribution in [0.25, 0.3) is 0 Å². The van der Waals surface area contributed by atoms with Crippen molar-refractivity contribution in [1.29, 1.82) is 0 Å². The van der Waals surface area contributed by atoms with E-state index >= 15 is 0 Å². The fourth-order valence-corrected chi connectivity index (χ4v) is 3.14. The zero-order valence-electron chi connectivity index (χ0n) is 13.7. The van der Waals surface area contributed by atoms with E-state index in [-0.39, 0.29) is 7.43 Å². The minimum absolute atomic E-state index is 0. The summed E-state index contributed by atoms with van der Waals surface area (Å²) in [5.41, 5.74) is 0. The Bertz CT molecular complexity index is 182. The molecule has 0 saturated carbocycles. The van der Waals surface area contributed by atoms with Gasteiger partial charge in [0.15, 0.2) is 0 Å². The summed E-state index contributed by atoms with van der Waals surface area (Å²) in [5.74, 6) is 0.964. The third kappa shape index (κ3) is 6.55. The van der Waals surface area contributed by atoms with Crippen LogP contribution in [0.3, 0.4) is 0 Å². The summed E-state index contributed by atoms with van der Waals surface area (Å²) < 4.78 is 0. The van der Waals surface area contributed by atoms with Gasteiger partial charge in [0.25, 0.3) is 0 Å². The van der Waals surface area contributed by atoms with E-state index in [2.05, 4.69) is 28.5 Å². The maximum absolute atomic E-state index is 2.69. The second kappa shape index (κ2) is 11.5. The van der Waals surface area contributed by atoms with Crippen molar-refractivity contribution in [3.63, 3.8) is 0 Å². The monoisotopic (exact) mass is 285 g/mol. The molecule has 2 fully saturated rings. The van der Waals surface area contributed by atoms with Crippen LogP contribution in [0.5, 0.6) is 0 Å². The summed E-state index contributed by atoms with van der Waals surface area (Å²) in [6.45, 7) is 20.2. The minimum Gasteiger partial charge on any atom is -0.304 e. The van der Waals surface area contributed by atoms with Gasteiger partial charge in [0.2, 0.25) is 0 Å². The highest BCUT2D eigenvalue weighted by Crippen LogP contribution is 2.18. The average molecular weight is 286 g/mol. The molecule has 0 atom stereocenters. The van der Waals surface area contributed by atoms with Crippen molar-refractivity contribution in [3.8, 4) is 0 Å². The third-order valence-electron chi connectivity index (χ3n) is 4.58. The van der Waals surface area contributed by atoms with Crippen LogP contribution >= 0.6 is 0 Å². The number of likely N-dealkylation sites (N-methyl/N-ethyl adjacent to an activating group) is 1. The fourth-order valence-electron chi connectivity index (χ4n) is 3.14. The van der Waals surface area contributed by atoms with Gasteiger partial charge >= 0.3 is 0 Å². The van der Waals surface area contributed by atoms with E-state index in [1.165, 1.54) is 71.7 Å². The molecule has 2 heterocycles. The number of hydrogen-bond acceptors (Lipinski definition) is 3. The van der Waals surface area contributed by atoms with E-state index in [1.807, 2.05) is 13.8 Å². The summed E-state index contributed by atoms with van der Waals surface area (Å²) in [5, 5.41) is 0. The smallest absolute Gasteiger partial charge is 0.0110 e. The van der Waals surface area contributed by atoms with Gasteiger partial charge in [-0.2, -0.15) is 0 Å². The summed E-state index contributed by atoms with van der Waals surface area (Å²) in [4.78, 5) is 7.85. The van der Waals surface area contributed by atoms with E-state index in [0.29, 0.717) is 0 Å². The van der Waals surface area contributed by atoms with Gasteiger partial charge < -0.3 is 14.7 Å². The zero-order chi connectivity index (χ0) is 14.1. The Balaban J connectivity index is 0.00000115. The Morgan fingerprint density at radius 2 is 1.10 bits per heavy atom. The fraction of sp³-hybridized carbons (Fsp3) is 1.00. The molecule has 0 radical (unpaired) electrons. The molecule has 3 heteroatoms. The predicted molar refractivity (Wildman–Crippen MR) is 91.5 cm³/mol. The van der Waals surface area contributed by atoms with Crippen LogP contribution in [0.15, 0.2) is 0 Å². The lowest BCUT2D eigenvalue weighted by Crippen LogP contribution is -2.48. The van der Waals surface area contributed by atoms with E-state index in [0.717, 1.165) is 5.92 Å². The van der Waals surface area contributed by atoms with Crippen molar-refractivity contribution in [3.05, 3.63) is 0 Å². The summed E-state index contributed by atoms with van der Waals surface area (Å²) in [7, 11) is 0. The lowest BCUT2D eigenvalue weighted by molar-refractivity contribution is 0.0989. The van der Waals surface area contributed by atoms with Crippen LogP contribution in [-0.4, -0.2) is 73.6 Å². The predicted octanol–water partition coefficient (Wildman–Crippen LogP) is 3.02. The number of piperazine rings is 1. The SMILES string of the molecule is C.CC.CCN1CCC(CN2CCN(CC)CC2)CC1. The average Bonchev–Trinajstić information content (AvgIpc) is 2.51. The Morgan fingerprint density at radius 3 is 1.55 bits per heavy atom. The Hall–Kier alpha value is -0.120. The molecule has 0 aliphatic carbocycles. The molecule has 2 aliphatic heterocycles. The maximum atomic E-state index is 2.69. The van der Waals surface area contributed by atoms with Crippen molar-refractivity contribution in [2.75, 3.05) is 58.9 Å². The van der Waals surface area contributed by atoms with Crippen molar-refractivity contribution in [2.45, 2.75) is 48.0 Å². The quantitative estimate of drug-likeness (QED) is 0.786. The molecule has 122 valence electrons. The van der Waals surface area contributed by atoms with Crippen LogP contribution in [0.2, 0.25) is 0 Å². The van der Waals surface area contributed by atoms with Crippen molar-refractivity contribution in [2.24, 2.45) is 5.92 Å². The first-order valence-electron chi connectivity index (χ1n) is 8.49. The number of rotatable bonds is 4. The normalized spacial score (nSPS) is 22.8. The van der Waals surface area contributed by atoms with Gasteiger partial charge in [-0.15, -0.1) is 0 Å². The minimum atomic E-state index is 0. The molecule has 0 bridgehead atoms. The summed E-state index contributed by atoms with van der Waals surface area (Å²) in [6, 6.07) is 0. The number of nitrogens with zero attached hydrogens (tertiary/aromatic N) is 3. The van der Waals surface area contributed by atoms with E-state index in [4.69, 9.17) is 0 Å². The highest BCUT2D eigenvalue weighted by atomic mass is 15.3. The van der Waals surface area contributed by atoms with E-state index in [1.54, 1.807) is 0 Å². The number of piperidine rings is 1. The van der Waals surface area contributed by atoms with Crippen molar-refractivity contribution >= 4 is 0 Å². The second-order valence-electron chi connectivity index (χ2n) is 5.61. The van der Waals surface area contributed by atoms with Gasteiger partial charge in [0.05, 0.1) is 0 Å². The molecule has 2 rings (SSSR count). The first-order chi connectivity index (χ1) is 9.31. The van der Waals surface area contributed by atoms with Crippen LogP contribution in [0.1, 0.15) is 48.0 Å². The summed E-state index contributed by atoms with van der Waals surface area (Å²) in [6.07, 6.45) is 2.84. The van der Waals surface area contributed by atoms with Crippen molar-refractivity contribution in [1.82, 2.24) is 14.7 Å². The molecule has 0 aromatic carbocycles. The van der Waals surface area contributed by atoms with E-state index in [9.17, 15) is 0 Å². The first-order valence-corrected chi connectivity index (χ1v) is 8.49. The van der Waals surface area contributed by atoms with Crippen LogP contribution < -0.4 is 0 Å². The molecule has 2 aliphatic rings. The number of hydrogen-bond donors (Lipinski definition) is 0. The Morgan fingerprint density at radius 1 is 0.700 bits per heavy atom. The van der Waals surface area contributed by atoms with Gasteiger partial charge in [0, 0.05) is 32.7 Å². The Kier molecular flexibility index (Phi) is 11.5. The van der Waals surface area contributed by atoms with Gasteiger partial charge in [-0.1, -0.05) is 35.1 Å². The molecule has 0 amide bonds. The molecule has 0 aromatic heterocycles. The lowest BCUT2D eigenvalue weighted by Gasteiger charge is -2.38. The highest BCUT2D eigenvalue weighted by molar-refractivity contribution is 4.77. The summed E-state index contributed by atoms with van der Waals surface area (Å²) >= 11 is 0. The molecule has 20 heavy (non-hydrogen) atoms. The molecule has 0 aromatic rings. The first kappa shape index (κ1) is 19.9. The molecule has 0 N–H and O–H groups in total. The van der Waals surface area contributed by atoms with Crippen LogP contribution in [-0.2, 0) is 0 Å². The molecule has 3 nitrogen and oxygen atoms in total. The van der Waals surface area contributed by atoms with E-state index < -0.39 is 0 Å². The maximum Gasteiger partial charge on any atom is 0.0110 e. The molecule has 0 unspecified atom stereocenters. The largest absolute Gasteiger partial charge is 0.304 e. The lowest BCUT2D eigenvalue weighted by atomic mass is 9.96. The van der Waals surface area contributed by atoms with Gasteiger partial charge in [-0.05, 0) is 44.9 Å². The molecule has 2 saturated heterocycles.